The van der Waals surface area contributed by atoms with Gasteiger partial charge in [0.25, 0.3) is 0 Å². The van der Waals surface area contributed by atoms with Gasteiger partial charge in [-0.1, -0.05) is 36.4 Å². The minimum Gasteiger partial charge on any atom is -0.351 e. The van der Waals surface area contributed by atoms with Crippen molar-refractivity contribution in [2.24, 2.45) is 0 Å². The van der Waals surface area contributed by atoms with E-state index in [1.807, 2.05) is 24.4 Å². The zero-order valence-electron chi connectivity index (χ0n) is 17.6. The minimum atomic E-state index is -0.0639. The molecule has 2 aromatic carbocycles. The topological polar surface area (TPSA) is 33.1 Å². The molecule has 1 N–H and O–H groups in total. The molecular formula is C26H24N4S. The number of nitrogens with one attached hydrogen (secondary N) is 1. The monoisotopic (exact) mass is 424 g/mol. The third-order valence-corrected chi connectivity index (χ3v) is 6.12. The summed E-state index contributed by atoms with van der Waals surface area (Å²) in [6.07, 6.45) is 1.84. The van der Waals surface area contributed by atoms with Gasteiger partial charge in [0, 0.05) is 29.0 Å². The van der Waals surface area contributed by atoms with Crippen molar-refractivity contribution in [3.63, 3.8) is 0 Å². The summed E-state index contributed by atoms with van der Waals surface area (Å²) in [4.78, 5) is 6.90. The van der Waals surface area contributed by atoms with E-state index in [0.29, 0.717) is 5.11 Å². The third kappa shape index (κ3) is 3.51. The lowest BCUT2D eigenvalue weighted by atomic mass is 10.0. The van der Waals surface area contributed by atoms with Gasteiger partial charge in [0.2, 0.25) is 0 Å². The van der Waals surface area contributed by atoms with Crippen LogP contribution in [0.15, 0.2) is 91.1 Å². The summed E-state index contributed by atoms with van der Waals surface area (Å²) in [6.45, 7) is 4.25. The Balaban J connectivity index is 1.71. The van der Waals surface area contributed by atoms with Crippen LogP contribution in [0, 0.1) is 13.8 Å². The van der Waals surface area contributed by atoms with Crippen molar-refractivity contribution in [1.29, 1.82) is 0 Å². The van der Waals surface area contributed by atoms with Gasteiger partial charge < -0.3 is 14.8 Å². The highest BCUT2D eigenvalue weighted by atomic mass is 32.1. The Hall–Kier alpha value is -3.44. The van der Waals surface area contributed by atoms with Crippen molar-refractivity contribution in [2.75, 3.05) is 4.90 Å². The van der Waals surface area contributed by atoms with E-state index in [1.165, 1.54) is 17.0 Å². The maximum Gasteiger partial charge on any atom is 0.174 e. The lowest BCUT2D eigenvalue weighted by molar-refractivity contribution is 0.548. The minimum absolute atomic E-state index is 0.0434. The predicted octanol–water partition coefficient (Wildman–Crippen LogP) is 5.67. The lowest BCUT2D eigenvalue weighted by Gasteiger charge is -2.29. The third-order valence-electron chi connectivity index (χ3n) is 5.80. The molecule has 0 aliphatic carbocycles. The van der Waals surface area contributed by atoms with Gasteiger partial charge in [0.05, 0.1) is 11.7 Å². The van der Waals surface area contributed by atoms with E-state index < -0.39 is 0 Å². The molecule has 154 valence electrons. The van der Waals surface area contributed by atoms with Gasteiger partial charge in [-0.05, 0) is 80.2 Å². The second-order valence-corrected chi connectivity index (χ2v) is 8.29. The van der Waals surface area contributed by atoms with E-state index in [9.17, 15) is 0 Å². The van der Waals surface area contributed by atoms with Crippen molar-refractivity contribution in [3.05, 3.63) is 114 Å². The SMILES string of the molecule is Cc1cccc(N2C(=S)N[C@H](c3ccccn3)[C@@H]2c2ccc(C)n2-c2ccccc2)c1. The van der Waals surface area contributed by atoms with Gasteiger partial charge in [-0.2, -0.15) is 0 Å². The Morgan fingerprint density at radius 3 is 2.35 bits per heavy atom. The average Bonchev–Trinajstić information content (AvgIpc) is 3.34. The lowest BCUT2D eigenvalue weighted by Crippen LogP contribution is -2.30. The normalized spacial score (nSPS) is 18.3. The maximum absolute atomic E-state index is 5.86. The van der Waals surface area contributed by atoms with Gasteiger partial charge in [-0.15, -0.1) is 0 Å². The van der Waals surface area contributed by atoms with Crippen molar-refractivity contribution >= 4 is 23.0 Å². The summed E-state index contributed by atoms with van der Waals surface area (Å²) in [7, 11) is 0. The number of nitrogens with zero attached hydrogens (tertiary/aromatic N) is 3. The number of thiocarbonyl (C=S) groups is 1. The van der Waals surface area contributed by atoms with Crippen LogP contribution >= 0.6 is 12.2 Å². The first-order valence-corrected chi connectivity index (χ1v) is 10.9. The number of benzene rings is 2. The average molecular weight is 425 g/mol. The van der Waals surface area contributed by atoms with Gasteiger partial charge in [0.15, 0.2) is 5.11 Å². The molecule has 1 aliphatic heterocycles. The number of rotatable bonds is 4. The number of anilines is 1. The van der Waals surface area contributed by atoms with Gasteiger partial charge in [-0.25, -0.2) is 0 Å². The van der Waals surface area contributed by atoms with E-state index in [1.54, 1.807) is 0 Å². The number of para-hydroxylation sites is 1. The molecule has 1 fully saturated rings. The molecular weight excluding hydrogens is 400 g/mol. The van der Waals surface area contributed by atoms with Crippen molar-refractivity contribution in [3.8, 4) is 5.69 Å². The first-order chi connectivity index (χ1) is 15.1. The zero-order valence-corrected chi connectivity index (χ0v) is 18.4. The van der Waals surface area contributed by atoms with Crippen LogP contribution in [0.25, 0.3) is 5.69 Å². The van der Waals surface area contributed by atoms with Gasteiger partial charge in [-0.3, -0.25) is 4.98 Å². The van der Waals surface area contributed by atoms with Crippen molar-refractivity contribution in [1.82, 2.24) is 14.9 Å². The van der Waals surface area contributed by atoms with Crippen LogP contribution in [0.5, 0.6) is 0 Å². The molecule has 5 heteroatoms. The number of aryl methyl sites for hydroxylation is 2. The standard InChI is InChI=1S/C26H24N4S/c1-18-9-8-12-21(17-18)30-25(24(28-26(30)31)22-13-6-7-16-27-22)23-15-14-19(2)29(23)20-10-4-3-5-11-20/h3-17,24-25H,1-2H3,(H,28,31)/t24-,25+/m1/s1. The summed E-state index contributed by atoms with van der Waals surface area (Å²) in [5, 5.41) is 4.27. The Morgan fingerprint density at radius 2 is 1.61 bits per heavy atom. The quantitative estimate of drug-likeness (QED) is 0.428. The van der Waals surface area contributed by atoms with Gasteiger partial charge in [0.1, 0.15) is 6.04 Å². The molecule has 0 saturated carbocycles. The summed E-state index contributed by atoms with van der Waals surface area (Å²) in [6, 6.07) is 29.3. The summed E-state index contributed by atoms with van der Waals surface area (Å²) in [5.74, 6) is 0. The molecule has 2 atom stereocenters. The molecule has 31 heavy (non-hydrogen) atoms. The zero-order chi connectivity index (χ0) is 21.4. The van der Waals surface area contributed by atoms with Crippen LogP contribution in [-0.2, 0) is 0 Å². The molecule has 0 unspecified atom stereocenters. The van der Waals surface area contributed by atoms with E-state index in [4.69, 9.17) is 12.2 Å². The molecule has 0 radical (unpaired) electrons. The first-order valence-electron chi connectivity index (χ1n) is 10.4. The maximum atomic E-state index is 5.86. The highest BCUT2D eigenvalue weighted by molar-refractivity contribution is 7.80. The van der Waals surface area contributed by atoms with E-state index in [-0.39, 0.29) is 12.1 Å². The van der Waals surface area contributed by atoms with E-state index in [0.717, 1.165) is 17.1 Å². The molecule has 1 aliphatic rings. The molecule has 3 heterocycles. The molecule has 2 aromatic heterocycles. The second kappa shape index (κ2) is 8.00. The highest BCUT2D eigenvalue weighted by Crippen LogP contribution is 2.42. The Labute approximate surface area is 188 Å². The van der Waals surface area contributed by atoms with Crippen LogP contribution in [0.3, 0.4) is 0 Å². The fourth-order valence-corrected chi connectivity index (χ4v) is 4.78. The number of hydrogen-bond donors (Lipinski definition) is 1. The Kier molecular flexibility index (Phi) is 5.04. The van der Waals surface area contributed by atoms with Crippen LogP contribution in [0.4, 0.5) is 5.69 Å². The molecule has 4 nitrogen and oxygen atoms in total. The van der Waals surface area contributed by atoms with Gasteiger partial charge >= 0.3 is 0 Å². The van der Waals surface area contributed by atoms with E-state index in [2.05, 4.69) is 100 Å². The second-order valence-electron chi connectivity index (χ2n) is 7.91. The summed E-state index contributed by atoms with van der Waals surface area (Å²) >= 11 is 5.86. The van der Waals surface area contributed by atoms with E-state index >= 15 is 0 Å². The molecule has 0 bridgehead atoms. The van der Waals surface area contributed by atoms with Crippen molar-refractivity contribution in [2.45, 2.75) is 25.9 Å². The molecule has 5 rings (SSSR count). The number of aromatic nitrogens is 2. The van der Waals surface area contributed by atoms with Crippen molar-refractivity contribution < 1.29 is 0 Å². The van der Waals surface area contributed by atoms with Crippen LogP contribution in [-0.4, -0.2) is 14.7 Å². The highest BCUT2D eigenvalue weighted by Gasteiger charge is 2.42. The van der Waals surface area contributed by atoms with Crippen LogP contribution < -0.4 is 10.2 Å². The molecule has 4 aromatic rings. The van der Waals surface area contributed by atoms with Crippen LogP contribution in [0.2, 0.25) is 0 Å². The first kappa shape index (κ1) is 19.5. The largest absolute Gasteiger partial charge is 0.351 e. The van der Waals surface area contributed by atoms with Crippen LogP contribution in [0.1, 0.15) is 34.7 Å². The summed E-state index contributed by atoms with van der Waals surface area (Å²) in [5.41, 5.74) is 6.76. The summed E-state index contributed by atoms with van der Waals surface area (Å²) < 4.78 is 2.32. The fraction of sp³-hybridized carbons (Fsp3) is 0.154. The molecule has 1 saturated heterocycles. The molecule has 0 spiro atoms. The predicted molar refractivity (Wildman–Crippen MR) is 130 cm³/mol. The molecule has 0 amide bonds. The number of pyridine rings is 1. The Morgan fingerprint density at radius 1 is 0.839 bits per heavy atom. The smallest absolute Gasteiger partial charge is 0.174 e. The fourth-order valence-electron chi connectivity index (χ4n) is 4.43. The number of hydrogen-bond acceptors (Lipinski definition) is 2. The Bertz CT molecular complexity index is 1220.